The van der Waals surface area contributed by atoms with Crippen LogP contribution in [0, 0.1) is 0 Å². The van der Waals surface area contributed by atoms with Crippen molar-refractivity contribution in [3.63, 3.8) is 0 Å². The van der Waals surface area contributed by atoms with Gasteiger partial charge < -0.3 is 10.2 Å². The van der Waals surface area contributed by atoms with Crippen LogP contribution in [0.4, 0.5) is 22.2 Å². The number of rotatable bonds is 4. The Balaban J connectivity index is 1.68. The lowest BCUT2D eigenvalue weighted by atomic mass is 10.2. The second kappa shape index (κ2) is 6.88. The highest BCUT2D eigenvalue weighted by Gasteiger charge is 2.13. The normalized spacial score (nSPS) is 11.9. The molecule has 0 saturated heterocycles. The molecule has 0 aliphatic heterocycles. The van der Waals surface area contributed by atoms with Gasteiger partial charge in [0.2, 0.25) is 0 Å². The van der Waals surface area contributed by atoms with Gasteiger partial charge in [-0.1, -0.05) is 0 Å². The minimum absolute atomic E-state index is 0.111. The third kappa shape index (κ3) is 3.22. The molecule has 0 aliphatic rings. The number of fused-ring (bicyclic) bond motifs is 1. The molecule has 0 fully saturated rings. The molecule has 0 aliphatic carbocycles. The van der Waals surface area contributed by atoms with Crippen LogP contribution in [0.1, 0.15) is 0 Å². The first-order chi connectivity index (χ1) is 13.1. The first-order valence-corrected chi connectivity index (χ1v) is 8.47. The van der Waals surface area contributed by atoms with Crippen molar-refractivity contribution in [3.05, 3.63) is 42.7 Å². The first-order valence-electron chi connectivity index (χ1n) is 7.70. The molecular formula is C16H12N8O2S. The zero-order chi connectivity index (χ0) is 18.8. The molecule has 0 unspecified atom stereocenters. The van der Waals surface area contributed by atoms with E-state index >= 15 is 0 Å². The second-order valence-corrected chi connectivity index (χ2v) is 6.12. The zero-order valence-corrected chi connectivity index (χ0v) is 14.7. The largest absolute Gasteiger partial charge is 0.505 e. The van der Waals surface area contributed by atoms with E-state index in [1.807, 2.05) is 6.07 Å². The summed E-state index contributed by atoms with van der Waals surface area (Å²) in [4.78, 5) is 4.22. The van der Waals surface area contributed by atoms with Gasteiger partial charge in [0.05, 0.1) is 6.20 Å². The maximum Gasteiger partial charge on any atom is 0.184 e. The Bertz CT molecular complexity index is 1180. The average molecular weight is 380 g/mol. The lowest BCUT2D eigenvalue weighted by molar-refractivity contribution is 0.453. The molecule has 11 heteroatoms. The summed E-state index contributed by atoms with van der Waals surface area (Å²) in [5, 5.41) is 40.9. The number of aromatic nitrogens is 4. The minimum Gasteiger partial charge on any atom is -0.505 e. The van der Waals surface area contributed by atoms with Crippen LogP contribution in [0.5, 0.6) is 11.5 Å². The van der Waals surface area contributed by atoms with Crippen molar-refractivity contribution in [3.8, 4) is 11.5 Å². The maximum absolute atomic E-state index is 10.4. The van der Waals surface area contributed by atoms with Gasteiger partial charge in [-0.15, -0.1) is 20.5 Å². The molecule has 4 aromatic rings. The predicted molar refractivity (Wildman–Crippen MR) is 98.7 cm³/mol. The molecule has 27 heavy (non-hydrogen) atoms. The molecular weight excluding hydrogens is 368 g/mol. The highest BCUT2D eigenvalue weighted by Crippen LogP contribution is 2.44. The van der Waals surface area contributed by atoms with Gasteiger partial charge in [-0.05, 0) is 35.8 Å². The van der Waals surface area contributed by atoms with Crippen LogP contribution in [0.3, 0.4) is 0 Å². The summed E-state index contributed by atoms with van der Waals surface area (Å²) in [7, 11) is 1.70. The summed E-state index contributed by atoms with van der Waals surface area (Å²) in [5.74, 6) is -0.114. The molecule has 2 N–H and O–H groups in total. The van der Waals surface area contributed by atoms with Gasteiger partial charge in [0.1, 0.15) is 22.5 Å². The molecule has 1 aromatic carbocycles. The van der Waals surface area contributed by atoms with Crippen LogP contribution in [0.15, 0.2) is 63.2 Å². The van der Waals surface area contributed by atoms with E-state index in [1.54, 1.807) is 31.6 Å². The quantitative estimate of drug-likeness (QED) is 0.496. The van der Waals surface area contributed by atoms with Crippen molar-refractivity contribution >= 4 is 44.8 Å². The summed E-state index contributed by atoms with van der Waals surface area (Å²) in [6.45, 7) is 0. The van der Waals surface area contributed by atoms with Gasteiger partial charge in [0.25, 0.3) is 0 Å². The van der Waals surface area contributed by atoms with Crippen molar-refractivity contribution in [2.45, 2.75) is 0 Å². The van der Waals surface area contributed by atoms with Crippen LogP contribution in [0.2, 0.25) is 0 Å². The van der Waals surface area contributed by atoms with E-state index in [0.29, 0.717) is 16.3 Å². The number of nitrogens with zero attached hydrogens (tertiary/aromatic N) is 8. The monoisotopic (exact) mass is 380 g/mol. The number of hydrogen-bond acceptors (Lipinski definition) is 10. The Kier molecular flexibility index (Phi) is 4.26. The van der Waals surface area contributed by atoms with Crippen LogP contribution >= 0.6 is 11.5 Å². The third-order valence-corrected chi connectivity index (χ3v) is 4.36. The molecule has 10 nitrogen and oxygen atoms in total. The second-order valence-electron chi connectivity index (χ2n) is 5.37. The molecule has 4 rings (SSSR count). The van der Waals surface area contributed by atoms with Crippen molar-refractivity contribution < 1.29 is 10.2 Å². The number of benzene rings is 1. The average Bonchev–Trinajstić information content (AvgIpc) is 3.27. The van der Waals surface area contributed by atoms with Crippen LogP contribution in [-0.4, -0.2) is 29.4 Å². The summed E-state index contributed by atoms with van der Waals surface area (Å²) < 4.78 is 5.74. The number of aromatic hydroxyl groups is 2. The number of hydrogen-bond donors (Lipinski definition) is 2. The summed E-state index contributed by atoms with van der Waals surface area (Å²) >= 11 is 1.15. The highest BCUT2D eigenvalue weighted by molar-refractivity contribution is 7.11. The lowest BCUT2D eigenvalue weighted by Crippen LogP contribution is -1.86. The van der Waals surface area contributed by atoms with Gasteiger partial charge in [-0.3, -0.25) is 4.98 Å². The fourth-order valence-corrected chi connectivity index (χ4v) is 2.89. The van der Waals surface area contributed by atoms with E-state index < -0.39 is 0 Å². The van der Waals surface area contributed by atoms with Crippen molar-refractivity contribution in [1.82, 2.24) is 19.1 Å². The first kappa shape index (κ1) is 16.7. The number of aryl methyl sites for hydroxylation is 1. The Labute approximate surface area is 156 Å². The Hall–Kier alpha value is -3.73. The Morgan fingerprint density at radius 3 is 2.70 bits per heavy atom. The van der Waals surface area contributed by atoms with E-state index in [1.165, 1.54) is 16.8 Å². The van der Waals surface area contributed by atoms with Gasteiger partial charge in [-0.25, -0.2) is 4.68 Å². The number of phenols is 2. The Morgan fingerprint density at radius 1 is 1.00 bits per heavy atom. The van der Waals surface area contributed by atoms with E-state index in [2.05, 4.69) is 34.9 Å². The smallest absolute Gasteiger partial charge is 0.184 e. The zero-order valence-electron chi connectivity index (χ0n) is 13.9. The van der Waals surface area contributed by atoms with Crippen LogP contribution < -0.4 is 0 Å². The van der Waals surface area contributed by atoms with E-state index in [0.717, 1.165) is 17.0 Å². The molecule has 3 heterocycles. The molecule has 0 radical (unpaired) electrons. The van der Waals surface area contributed by atoms with Crippen molar-refractivity contribution in [2.75, 3.05) is 0 Å². The summed E-state index contributed by atoms with van der Waals surface area (Å²) in [5.41, 5.74) is 1.36. The summed E-state index contributed by atoms with van der Waals surface area (Å²) in [6.07, 6.45) is 3.21. The van der Waals surface area contributed by atoms with Crippen LogP contribution in [-0.2, 0) is 7.05 Å². The lowest BCUT2D eigenvalue weighted by Gasteiger charge is -2.03. The molecule has 0 saturated carbocycles. The summed E-state index contributed by atoms with van der Waals surface area (Å²) in [6, 6.07) is 8.03. The molecule has 0 bridgehead atoms. The van der Waals surface area contributed by atoms with E-state index in [9.17, 15) is 10.2 Å². The van der Waals surface area contributed by atoms with Gasteiger partial charge in [-0.2, -0.15) is 9.47 Å². The molecule has 0 spiro atoms. The van der Waals surface area contributed by atoms with Crippen molar-refractivity contribution in [2.24, 2.45) is 27.5 Å². The standard InChI is InChI=1S/C16H12N8O2S/c1-24-12(6-8-18-24)20-21-14-11(25)5-4-10(15(14)26)19-22-16-13-9(23-27-16)3-2-7-17-13/h2-8,25-26H,1H3/b21-20+,22-19+. The number of azo groups is 2. The fraction of sp³-hybridized carbons (Fsp3) is 0.0625. The van der Waals surface area contributed by atoms with Gasteiger partial charge in [0, 0.05) is 19.3 Å². The minimum atomic E-state index is -0.341. The maximum atomic E-state index is 10.4. The Morgan fingerprint density at radius 2 is 1.89 bits per heavy atom. The molecule has 3 aromatic heterocycles. The third-order valence-electron chi connectivity index (χ3n) is 3.62. The van der Waals surface area contributed by atoms with E-state index in [4.69, 9.17) is 0 Å². The predicted octanol–water partition coefficient (Wildman–Crippen LogP) is 4.67. The molecule has 134 valence electrons. The highest BCUT2D eigenvalue weighted by atomic mass is 32.1. The molecule has 0 amide bonds. The van der Waals surface area contributed by atoms with Gasteiger partial charge in [0.15, 0.2) is 22.3 Å². The SMILES string of the molecule is Cn1nccc1/N=N/c1c(O)ccc(/N=N/c2snc3cccnc23)c1O. The fourth-order valence-electron chi connectivity index (χ4n) is 2.24. The van der Waals surface area contributed by atoms with E-state index in [-0.39, 0.29) is 22.9 Å². The van der Waals surface area contributed by atoms with Gasteiger partial charge >= 0.3 is 0 Å². The van der Waals surface area contributed by atoms with Crippen molar-refractivity contribution in [1.29, 1.82) is 0 Å². The topological polar surface area (TPSA) is 134 Å². The number of pyridine rings is 1. The number of phenolic OH excluding ortho intramolecular Hbond substituents is 2. The van der Waals surface area contributed by atoms with Crippen LogP contribution in [0.25, 0.3) is 11.0 Å². The molecule has 0 atom stereocenters.